The van der Waals surface area contributed by atoms with Gasteiger partial charge >= 0.3 is 5.69 Å². The number of unbranched alkanes of at least 4 members (excludes halogenated alkanes) is 1. The van der Waals surface area contributed by atoms with Crippen LogP contribution in [0.1, 0.15) is 39.0 Å². The van der Waals surface area contributed by atoms with Crippen LogP contribution in [0.2, 0.25) is 0 Å². The number of likely N-dealkylation sites (tertiary alicyclic amines) is 1. The molecule has 9 heteroatoms. The molecule has 0 saturated carbocycles. The maximum atomic E-state index is 12.7. The molecule has 0 unspecified atom stereocenters. The van der Waals surface area contributed by atoms with Crippen LogP contribution < -0.4 is 21.9 Å². The number of hydrogen-bond donors (Lipinski definition) is 2. The van der Waals surface area contributed by atoms with Crippen molar-refractivity contribution in [3.63, 3.8) is 0 Å². The number of ether oxygens (including phenoxy) is 1. The van der Waals surface area contributed by atoms with E-state index in [0.717, 1.165) is 45.2 Å². The van der Waals surface area contributed by atoms with E-state index in [4.69, 9.17) is 10.5 Å². The van der Waals surface area contributed by atoms with Crippen molar-refractivity contribution in [2.24, 2.45) is 0 Å². The Labute approximate surface area is 159 Å². The van der Waals surface area contributed by atoms with Gasteiger partial charge in [-0.3, -0.25) is 19.1 Å². The number of nitrogens with two attached hydrogens (primary N) is 1. The molecule has 0 aromatic carbocycles. The van der Waals surface area contributed by atoms with Gasteiger partial charge in [0.2, 0.25) is 5.91 Å². The first-order chi connectivity index (χ1) is 13.0. The number of aromatic amines is 1. The fourth-order valence-electron chi connectivity index (χ4n) is 3.30. The van der Waals surface area contributed by atoms with E-state index in [2.05, 4.69) is 4.98 Å². The Hall–Kier alpha value is -2.29. The molecule has 1 amide bonds. The third-order valence-electron chi connectivity index (χ3n) is 4.87. The average Bonchev–Trinajstić information content (AvgIpc) is 2.66. The number of anilines is 2. The molecule has 0 spiro atoms. The maximum absolute atomic E-state index is 12.7. The summed E-state index contributed by atoms with van der Waals surface area (Å²) in [7, 11) is 1.56. The summed E-state index contributed by atoms with van der Waals surface area (Å²) in [6.07, 6.45) is 4.77. The van der Waals surface area contributed by atoms with Crippen LogP contribution in [0.5, 0.6) is 0 Å². The summed E-state index contributed by atoms with van der Waals surface area (Å²) in [6, 6.07) is 0. The second-order valence-corrected chi connectivity index (χ2v) is 6.85. The zero-order valence-electron chi connectivity index (χ0n) is 16.3. The quantitative estimate of drug-likeness (QED) is 0.639. The number of carbonyl (C=O) groups excluding carboxylic acids is 1. The molecule has 1 aliphatic heterocycles. The highest BCUT2D eigenvalue weighted by molar-refractivity contribution is 5.82. The highest BCUT2D eigenvalue weighted by atomic mass is 16.5. The molecule has 2 heterocycles. The number of nitrogens with zero attached hydrogens (tertiary/aromatic N) is 3. The van der Waals surface area contributed by atoms with E-state index < -0.39 is 11.2 Å². The number of nitrogens with one attached hydrogen (secondary N) is 1. The molecule has 0 atom stereocenters. The van der Waals surface area contributed by atoms with Gasteiger partial charge in [-0.25, -0.2) is 4.79 Å². The SMILES string of the molecule is CCCCn1c(N)c(N(CCOC)CC(=O)N2CCCCC2)c(=O)[nH]c1=O. The Morgan fingerprint density at radius 2 is 1.96 bits per heavy atom. The third-order valence-corrected chi connectivity index (χ3v) is 4.87. The third kappa shape index (κ3) is 5.35. The van der Waals surface area contributed by atoms with Crippen LogP contribution in [0.15, 0.2) is 9.59 Å². The summed E-state index contributed by atoms with van der Waals surface area (Å²) in [6.45, 7) is 4.59. The van der Waals surface area contributed by atoms with E-state index in [1.807, 2.05) is 11.8 Å². The van der Waals surface area contributed by atoms with Crippen molar-refractivity contribution < 1.29 is 9.53 Å². The van der Waals surface area contributed by atoms with Gasteiger partial charge in [0, 0.05) is 33.3 Å². The molecule has 3 N–H and O–H groups in total. The summed E-state index contributed by atoms with van der Waals surface area (Å²) in [4.78, 5) is 43.1. The molecule has 0 aliphatic carbocycles. The second kappa shape index (κ2) is 10.1. The number of aromatic nitrogens is 2. The van der Waals surface area contributed by atoms with E-state index in [1.54, 1.807) is 12.0 Å². The van der Waals surface area contributed by atoms with E-state index >= 15 is 0 Å². The number of hydrogen-bond acceptors (Lipinski definition) is 6. The molecule has 1 saturated heterocycles. The van der Waals surface area contributed by atoms with Gasteiger partial charge in [0.15, 0.2) is 0 Å². The number of nitrogen functional groups attached to an aromatic ring is 1. The summed E-state index contributed by atoms with van der Waals surface area (Å²) in [5, 5.41) is 0. The van der Waals surface area contributed by atoms with Gasteiger partial charge in [-0.1, -0.05) is 13.3 Å². The Kier molecular flexibility index (Phi) is 7.90. The van der Waals surface area contributed by atoms with E-state index in [-0.39, 0.29) is 24.0 Å². The zero-order valence-corrected chi connectivity index (χ0v) is 16.3. The minimum absolute atomic E-state index is 0.0304. The molecule has 1 fully saturated rings. The van der Waals surface area contributed by atoms with Gasteiger partial charge in [0.05, 0.1) is 13.2 Å². The van der Waals surface area contributed by atoms with Crippen molar-refractivity contribution in [1.29, 1.82) is 0 Å². The van der Waals surface area contributed by atoms with Crippen molar-refractivity contribution in [2.75, 3.05) is 50.5 Å². The number of piperidine rings is 1. The predicted octanol–water partition coefficient (Wildman–Crippen LogP) is 0.384. The molecule has 1 aliphatic rings. The Morgan fingerprint density at radius 3 is 2.59 bits per heavy atom. The Morgan fingerprint density at radius 1 is 1.26 bits per heavy atom. The van der Waals surface area contributed by atoms with Gasteiger partial charge in [0.25, 0.3) is 5.56 Å². The maximum Gasteiger partial charge on any atom is 0.330 e. The lowest BCUT2D eigenvalue weighted by Crippen LogP contribution is -2.46. The van der Waals surface area contributed by atoms with Crippen LogP contribution in [0, 0.1) is 0 Å². The molecular weight excluding hydrogens is 350 g/mol. The number of amides is 1. The van der Waals surface area contributed by atoms with Crippen molar-refractivity contribution in [1.82, 2.24) is 14.5 Å². The predicted molar refractivity (Wildman–Crippen MR) is 105 cm³/mol. The van der Waals surface area contributed by atoms with Gasteiger partial charge in [-0.15, -0.1) is 0 Å². The summed E-state index contributed by atoms with van der Waals surface area (Å²) < 4.78 is 6.50. The smallest absolute Gasteiger partial charge is 0.330 e. The molecule has 2 rings (SSSR count). The van der Waals surface area contributed by atoms with Crippen molar-refractivity contribution >= 4 is 17.4 Å². The average molecular weight is 381 g/mol. The van der Waals surface area contributed by atoms with Crippen molar-refractivity contribution in [3.05, 3.63) is 20.8 Å². The highest BCUT2D eigenvalue weighted by Crippen LogP contribution is 2.18. The van der Waals surface area contributed by atoms with Crippen LogP contribution in [-0.4, -0.2) is 60.3 Å². The number of H-pyrrole nitrogens is 1. The van der Waals surface area contributed by atoms with Crippen molar-refractivity contribution in [2.45, 2.75) is 45.6 Å². The van der Waals surface area contributed by atoms with Crippen LogP contribution in [0.4, 0.5) is 11.5 Å². The normalized spacial score (nSPS) is 14.4. The number of carbonyl (C=O) groups is 1. The molecule has 9 nitrogen and oxygen atoms in total. The van der Waals surface area contributed by atoms with Crippen LogP contribution in [0.3, 0.4) is 0 Å². The van der Waals surface area contributed by atoms with E-state index in [1.165, 1.54) is 4.57 Å². The number of methoxy groups -OCH3 is 1. The first-order valence-electron chi connectivity index (χ1n) is 9.63. The first-order valence-corrected chi connectivity index (χ1v) is 9.63. The topological polar surface area (TPSA) is 114 Å². The molecule has 0 bridgehead atoms. The van der Waals surface area contributed by atoms with Crippen LogP contribution >= 0.6 is 0 Å². The monoisotopic (exact) mass is 381 g/mol. The molecule has 1 aromatic rings. The largest absolute Gasteiger partial charge is 0.383 e. The van der Waals surface area contributed by atoms with E-state index in [9.17, 15) is 14.4 Å². The van der Waals surface area contributed by atoms with Gasteiger partial charge in [-0.05, 0) is 25.7 Å². The fraction of sp³-hybridized carbons (Fsp3) is 0.722. The highest BCUT2D eigenvalue weighted by Gasteiger charge is 2.24. The van der Waals surface area contributed by atoms with Gasteiger partial charge in [-0.2, -0.15) is 0 Å². The van der Waals surface area contributed by atoms with Crippen LogP contribution in [0.25, 0.3) is 0 Å². The number of rotatable bonds is 9. The van der Waals surface area contributed by atoms with E-state index in [0.29, 0.717) is 19.7 Å². The summed E-state index contributed by atoms with van der Waals surface area (Å²) in [5.74, 6) is 0.0515. The standard InChI is InChI=1S/C18H31N5O4/c1-3-4-10-23-16(19)15(17(25)20-18(23)26)22(11-12-27-2)13-14(24)21-8-6-5-7-9-21/h3-13,19H2,1-2H3,(H,20,25,26). The second-order valence-electron chi connectivity index (χ2n) is 6.85. The summed E-state index contributed by atoms with van der Waals surface area (Å²) in [5.41, 5.74) is 5.25. The molecule has 27 heavy (non-hydrogen) atoms. The minimum Gasteiger partial charge on any atom is -0.383 e. The lowest BCUT2D eigenvalue weighted by molar-refractivity contribution is -0.130. The first kappa shape index (κ1) is 21.0. The fourth-order valence-corrected chi connectivity index (χ4v) is 3.30. The Balaban J connectivity index is 2.33. The molecule has 152 valence electrons. The Bertz CT molecular complexity index is 736. The summed E-state index contributed by atoms with van der Waals surface area (Å²) >= 11 is 0. The van der Waals surface area contributed by atoms with Crippen LogP contribution in [-0.2, 0) is 16.1 Å². The van der Waals surface area contributed by atoms with Gasteiger partial charge in [0.1, 0.15) is 11.5 Å². The molecule has 0 radical (unpaired) electrons. The van der Waals surface area contributed by atoms with Gasteiger partial charge < -0.3 is 20.3 Å². The minimum atomic E-state index is -0.576. The lowest BCUT2D eigenvalue weighted by Gasteiger charge is -2.31. The molecular formula is C18H31N5O4. The molecule has 1 aromatic heterocycles. The lowest BCUT2D eigenvalue weighted by atomic mass is 10.1. The van der Waals surface area contributed by atoms with Crippen molar-refractivity contribution in [3.8, 4) is 0 Å². The zero-order chi connectivity index (χ0) is 19.8.